The van der Waals surface area contributed by atoms with Crippen LogP contribution in [0.25, 0.3) is 0 Å². The second kappa shape index (κ2) is 6.49. The molecule has 7 heteroatoms. The molecule has 0 heterocycles. The van der Waals surface area contributed by atoms with E-state index < -0.39 is 17.7 Å². The maximum absolute atomic E-state index is 13.0. The van der Waals surface area contributed by atoms with E-state index in [0.717, 1.165) is 13.2 Å². The van der Waals surface area contributed by atoms with E-state index in [-0.39, 0.29) is 30.8 Å². The lowest BCUT2D eigenvalue weighted by molar-refractivity contribution is -0.139. The van der Waals surface area contributed by atoms with Gasteiger partial charge in [-0.05, 0) is 30.5 Å². The van der Waals surface area contributed by atoms with Crippen molar-refractivity contribution in [3.05, 3.63) is 23.3 Å². The fourth-order valence-corrected chi connectivity index (χ4v) is 1.82. The van der Waals surface area contributed by atoms with Crippen LogP contribution in [0.4, 0.5) is 13.2 Å². The second-order valence-electron chi connectivity index (χ2n) is 4.12. The SMILES string of the molecule is COc1cc(CCCC(=O)O)cc(C(F)(F)F)c1OC. The van der Waals surface area contributed by atoms with Crippen LogP contribution in [0, 0.1) is 0 Å². The summed E-state index contributed by atoms with van der Waals surface area (Å²) in [5.41, 5.74) is -0.569. The zero-order chi connectivity index (χ0) is 15.3. The van der Waals surface area contributed by atoms with E-state index in [1.54, 1.807) is 0 Å². The summed E-state index contributed by atoms with van der Waals surface area (Å²) < 4.78 is 48.5. The first kappa shape index (κ1) is 16.1. The van der Waals surface area contributed by atoms with Gasteiger partial charge in [-0.15, -0.1) is 0 Å². The number of ether oxygens (including phenoxy) is 2. The first-order chi connectivity index (χ1) is 9.29. The molecule has 0 radical (unpaired) electrons. The number of aryl methyl sites for hydroxylation is 1. The topological polar surface area (TPSA) is 55.8 Å². The third kappa shape index (κ3) is 4.04. The van der Waals surface area contributed by atoms with Crippen molar-refractivity contribution in [2.75, 3.05) is 14.2 Å². The van der Waals surface area contributed by atoms with E-state index in [4.69, 9.17) is 14.6 Å². The molecule has 1 N–H and O–H groups in total. The predicted molar refractivity (Wildman–Crippen MR) is 65.1 cm³/mol. The summed E-state index contributed by atoms with van der Waals surface area (Å²) in [7, 11) is 2.39. The van der Waals surface area contributed by atoms with Crippen LogP contribution in [0.3, 0.4) is 0 Å². The van der Waals surface area contributed by atoms with Gasteiger partial charge < -0.3 is 14.6 Å². The first-order valence-electron chi connectivity index (χ1n) is 5.83. The molecule has 20 heavy (non-hydrogen) atoms. The Morgan fingerprint density at radius 3 is 2.35 bits per heavy atom. The second-order valence-corrected chi connectivity index (χ2v) is 4.12. The van der Waals surface area contributed by atoms with Crippen molar-refractivity contribution in [2.45, 2.75) is 25.4 Å². The number of carbonyl (C=O) groups is 1. The van der Waals surface area contributed by atoms with Crippen LogP contribution >= 0.6 is 0 Å². The highest BCUT2D eigenvalue weighted by molar-refractivity contribution is 5.66. The summed E-state index contributed by atoms with van der Waals surface area (Å²) in [5, 5.41) is 8.53. The summed E-state index contributed by atoms with van der Waals surface area (Å²) in [6.45, 7) is 0. The zero-order valence-electron chi connectivity index (χ0n) is 11.1. The van der Waals surface area contributed by atoms with Crippen LogP contribution in [0.2, 0.25) is 0 Å². The minimum Gasteiger partial charge on any atom is -0.493 e. The average molecular weight is 292 g/mol. The lowest BCUT2D eigenvalue weighted by Crippen LogP contribution is -2.10. The quantitative estimate of drug-likeness (QED) is 0.875. The Kier molecular flexibility index (Phi) is 5.24. The van der Waals surface area contributed by atoms with E-state index in [2.05, 4.69) is 0 Å². The molecular weight excluding hydrogens is 277 g/mol. The molecule has 0 amide bonds. The molecule has 1 aromatic rings. The number of alkyl halides is 3. The van der Waals surface area contributed by atoms with Crippen molar-refractivity contribution in [3.8, 4) is 11.5 Å². The van der Waals surface area contributed by atoms with Gasteiger partial charge in [0.15, 0.2) is 11.5 Å². The maximum atomic E-state index is 13.0. The lowest BCUT2D eigenvalue weighted by atomic mass is 10.0. The summed E-state index contributed by atoms with van der Waals surface area (Å²) in [6, 6.07) is 2.39. The molecular formula is C13H15F3O4. The Bertz CT molecular complexity index is 483. The average Bonchev–Trinajstić information content (AvgIpc) is 2.36. The molecule has 0 unspecified atom stereocenters. The van der Waals surface area contributed by atoms with E-state index in [9.17, 15) is 18.0 Å². The molecule has 0 aliphatic rings. The standard InChI is InChI=1S/C13H15F3O4/c1-19-10-7-8(4-3-5-11(17)18)6-9(12(10)20-2)13(14,15)16/h6-7H,3-5H2,1-2H3,(H,17,18). The Morgan fingerprint density at radius 2 is 1.90 bits per heavy atom. The van der Waals surface area contributed by atoms with Gasteiger partial charge in [-0.3, -0.25) is 4.79 Å². The Morgan fingerprint density at radius 1 is 1.25 bits per heavy atom. The monoisotopic (exact) mass is 292 g/mol. The Hall–Kier alpha value is -1.92. The molecule has 4 nitrogen and oxygen atoms in total. The zero-order valence-corrected chi connectivity index (χ0v) is 11.1. The van der Waals surface area contributed by atoms with Gasteiger partial charge in [0.25, 0.3) is 0 Å². The molecule has 0 bridgehead atoms. The molecule has 0 aliphatic carbocycles. The largest absolute Gasteiger partial charge is 0.493 e. The van der Waals surface area contributed by atoms with Crippen LogP contribution in [-0.4, -0.2) is 25.3 Å². The van der Waals surface area contributed by atoms with Crippen molar-refractivity contribution < 1.29 is 32.5 Å². The molecule has 0 aromatic heterocycles. The minimum absolute atomic E-state index is 0.0207. The number of rotatable bonds is 6. The molecule has 0 fully saturated rings. The van der Waals surface area contributed by atoms with Gasteiger partial charge in [-0.25, -0.2) is 0 Å². The fraction of sp³-hybridized carbons (Fsp3) is 0.462. The minimum atomic E-state index is -4.57. The summed E-state index contributed by atoms with van der Waals surface area (Å²) >= 11 is 0. The summed E-state index contributed by atoms with van der Waals surface area (Å²) in [4.78, 5) is 10.4. The third-order valence-electron chi connectivity index (χ3n) is 2.70. The number of carboxylic acid groups (broad SMARTS) is 1. The van der Waals surface area contributed by atoms with Crippen molar-refractivity contribution in [1.82, 2.24) is 0 Å². The van der Waals surface area contributed by atoms with Gasteiger partial charge in [0.2, 0.25) is 0 Å². The Balaban J connectivity index is 3.12. The normalized spacial score (nSPS) is 11.2. The van der Waals surface area contributed by atoms with Crippen molar-refractivity contribution in [2.24, 2.45) is 0 Å². The highest BCUT2D eigenvalue weighted by Gasteiger charge is 2.36. The highest BCUT2D eigenvalue weighted by atomic mass is 19.4. The van der Waals surface area contributed by atoms with E-state index in [1.807, 2.05) is 0 Å². The number of hydrogen-bond acceptors (Lipinski definition) is 3. The Labute approximate surface area is 114 Å². The van der Waals surface area contributed by atoms with E-state index in [1.165, 1.54) is 13.2 Å². The molecule has 0 aliphatic heterocycles. The van der Waals surface area contributed by atoms with Crippen LogP contribution < -0.4 is 9.47 Å². The number of hydrogen-bond donors (Lipinski definition) is 1. The van der Waals surface area contributed by atoms with Gasteiger partial charge in [0.05, 0.1) is 14.2 Å². The van der Waals surface area contributed by atoms with Gasteiger partial charge in [-0.2, -0.15) is 13.2 Å². The van der Waals surface area contributed by atoms with Crippen molar-refractivity contribution in [3.63, 3.8) is 0 Å². The van der Waals surface area contributed by atoms with Crippen molar-refractivity contribution >= 4 is 5.97 Å². The predicted octanol–water partition coefficient (Wildman–Crippen LogP) is 3.13. The molecule has 0 atom stereocenters. The van der Waals surface area contributed by atoms with Crippen molar-refractivity contribution in [1.29, 1.82) is 0 Å². The van der Waals surface area contributed by atoms with Crippen LogP contribution in [0.5, 0.6) is 11.5 Å². The molecule has 1 aromatic carbocycles. The van der Waals surface area contributed by atoms with E-state index in [0.29, 0.717) is 5.56 Å². The van der Waals surface area contributed by atoms with Crippen LogP contribution in [0.1, 0.15) is 24.0 Å². The smallest absolute Gasteiger partial charge is 0.420 e. The molecule has 0 saturated carbocycles. The van der Waals surface area contributed by atoms with Gasteiger partial charge in [0.1, 0.15) is 5.56 Å². The maximum Gasteiger partial charge on any atom is 0.420 e. The fourth-order valence-electron chi connectivity index (χ4n) is 1.82. The number of halogens is 3. The van der Waals surface area contributed by atoms with Gasteiger partial charge >= 0.3 is 12.1 Å². The lowest BCUT2D eigenvalue weighted by Gasteiger charge is -2.16. The molecule has 112 valence electrons. The molecule has 1 rings (SSSR count). The summed E-state index contributed by atoms with van der Waals surface area (Å²) in [6.07, 6.45) is -4.20. The third-order valence-corrected chi connectivity index (χ3v) is 2.70. The first-order valence-corrected chi connectivity index (χ1v) is 5.83. The van der Waals surface area contributed by atoms with Gasteiger partial charge in [-0.1, -0.05) is 0 Å². The van der Waals surface area contributed by atoms with E-state index >= 15 is 0 Å². The highest BCUT2D eigenvalue weighted by Crippen LogP contribution is 2.42. The number of benzene rings is 1. The van der Waals surface area contributed by atoms with Gasteiger partial charge in [0, 0.05) is 6.42 Å². The number of aliphatic carboxylic acids is 1. The molecule has 0 saturated heterocycles. The number of methoxy groups -OCH3 is 2. The van der Waals surface area contributed by atoms with Crippen LogP contribution in [0.15, 0.2) is 12.1 Å². The molecule has 0 spiro atoms. The summed E-state index contributed by atoms with van der Waals surface area (Å²) in [5.74, 6) is -1.38. The van der Waals surface area contributed by atoms with Crippen LogP contribution in [-0.2, 0) is 17.4 Å². The number of carboxylic acids is 1.